The van der Waals surface area contributed by atoms with Crippen LogP contribution in [-0.4, -0.2) is 20.3 Å². The van der Waals surface area contributed by atoms with Crippen LogP contribution < -0.4 is 15.0 Å². The third-order valence-corrected chi connectivity index (χ3v) is 7.13. The van der Waals surface area contributed by atoms with Gasteiger partial charge in [0.05, 0.1) is 19.4 Å². The van der Waals surface area contributed by atoms with Crippen LogP contribution in [-0.2, 0) is 0 Å². The first-order valence-electron chi connectivity index (χ1n) is 8.99. The van der Waals surface area contributed by atoms with Crippen LogP contribution in [0.2, 0.25) is 19.6 Å². The van der Waals surface area contributed by atoms with E-state index in [0.29, 0.717) is 12.2 Å². The van der Waals surface area contributed by atoms with Gasteiger partial charge in [-0.25, -0.2) is 0 Å². The Labute approximate surface area is 148 Å². The van der Waals surface area contributed by atoms with E-state index in [-0.39, 0.29) is 0 Å². The van der Waals surface area contributed by atoms with Gasteiger partial charge >= 0.3 is 0 Å². The molecule has 0 aliphatic carbocycles. The molecule has 1 aliphatic heterocycles. The van der Waals surface area contributed by atoms with Gasteiger partial charge in [0.2, 0.25) is 0 Å². The predicted molar refractivity (Wildman–Crippen MR) is 110 cm³/mol. The molecule has 1 heterocycles. The molecule has 1 aliphatic rings. The summed E-state index contributed by atoms with van der Waals surface area (Å²) in [5.41, 5.74) is 5.38. The van der Waals surface area contributed by atoms with Crippen LogP contribution >= 0.6 is 0 Å². The lowest BCUT2D eigenvalue weighted by atomic mass is 10.1. The molecule has 0 radical (unpaired) electrons. The number of benzene rings is 2. The lowest BCUT2D eigenvalue weighted by Gasteiger charge is -2.34. The summed E-state index contributed by atoms with van der Waals surface area (Å²) in [4.78, 5) is 5.05. The molecule has 0 saturated heterocycles. The van der Waals surface area contributed by atoms with Crippen LogP contribution in [0.5, 0.6) is 0 Å². The first-order chi connectivity index (χ1) is 11.2. The van der Waals surface area contributed by atoms with Crippen molar-refractivity contribution >= 4 is 30.3 Å². The molecule has 0 fully saturated rings. The Morgan fingerprint density at radius 1 is 0.917 bits per heavy atom. The van der Waals surface area contributed by atoms with Gasteiger partial charge in [-0.15, -0.1) is 0 Å². The lowest BCUT2D eigenvalue weighted by Crippen LogP contribution is -2.43. The molecule has 0 aromatic heterocycles. The van der Waals surface area contributed by atoms with E-state index in [2.05, 4.69) is 99.6 Å². The molecule has 0 N–H and O–H groups in total. The maximum absolute atomic E-state index is 2.52. The number of hydrogen-bond acceptors (Lipinski definition) is 2. The van der Waals surface area contributed by atoms with Gasteiger partial charge in [0.15, 0.2) is 0 Å². The van der Waals surface area contributed by atoms with Gasteiger partial charge < -0.3 is 9.80 Å². The van der Waals surface area contributed by atoms with Crippen molar-refractivity contribution < 1.29 is 0 Å². The molecule has 0 spiro atoms. The van der Waals surface area contributed by atoms with Crippen LogP contribution in [0.25, 0.3) is 0 Å². The van der Waals surface area contributed by atoms with E-state index in [1.54, 1.807) is 0 Å². The molecule has 2 aromatic rings. The highest BCUT2D eigenvalue weighted by molar-refractivity contribution is 6.88. The first kappa shape index (κ1) is 17.1. The molecule has 128 valence electrons. The molecule has 0 amide bonds. The summed E-state index contributed by atoms with van der Waals surface area (Å²) in [5.74, 6) is 0. The summed E-state index contributed by atoms with van der Waals surface area (Å²) in [7, 11) is -1.33. The molecule has 0 unspecified atom stereocenters. The molecule has 2 nitrogen and oxygen atoms in total. The summed E-state index contributed by atoms with van der Waals surface area (Å²) in [6.45, 7) is 16.4. The fourth-order valence-corrected chi connectivity index (χ4v) is 4.94. The second kappa shape index (κ2) is 5.96. The van der Waals surface area contributed by atoms with E-state index in [1.165, 1.54) is 27.8 Å². The summed E-state index contributed by atoms with van der Waals surface area (Å²) < 4.78 is 0. The van der Waals surface area contributed by atoms with Crippen molar-refractivity contribution in [3.05, 3.63) is 48.0 Å². The minimum Gasteiger partial charge on any atom is -0.347 e. The molecule has 24 heavy (non-hydrogen) atoms. The van der Waals surface area contributed by atoms with Gasteiger partial charge in [-0.05, 0) is 51.5 Å². The van der Waals surface area contributed by atoms with Crippen molar-refractivity contribution in [3.8, 4) is 0 Å². The lowest BCUT2D eigenvalue weighted by molar-refractivity contribution is 0.606. The van der Waals surface area contributed by atoms with Crippen LogP contribution in [0.4, 0.5) is 17.1 Å². The number of nitrogens with zero attached hydrogens (tertiary/aromatic N) is 2. The quantitative estimate of drug-likeness (QED) is 0.705. The normalized spacial score (nSPS) is 17.6. The number of anilines is 3. The largest absolute Gasteiger partial charge is 0.347 e. The molecule has 0 bridgehead atoms. The van der Waals surface area contributed by atoms with Crippen molar-refractivity contribution in [1.82, 2.24) is 0 Å². The van der Waals surface area contributed by atoms with E-state index >= 15 is 0 Å². The maximum Gasteiger partial charge on any atom is 0.104 e. The number of hydrogen-bond donors (Lipinski definition) is 0. The topological polar surface area (TPSA) is 6.48 Å². The van der Waals surface area contributed by atoms with E-state index in [1.807, 2.05) is 0 Å². The molecular weight excluding hydrogens is 308 g/mol. The van der Waals surface area contributed by atoms with Crippen molar-refractivity contribution in [2.24, 2.45) is 0 Å². The molecule has 3 heteroatoms. The van der Waals surface area contributed by atoms with E-state index in [4.69, 9.17) is 0 Å². The van der Waals surface area contributed by atoms with Crippen LogP contribution in [0.15, 0.2) is 42.5 Å². The minimum atomic E-state index is -1.33. The highest BCUT2D eigenvalue weighted by atomic mass is 28.3. The minimum absolute atomic E-state index is 0.331. The maximum atomic E-state index is 2.52. The monoisotopic (exact) mass is 338 g/mol. The molecule has 3 rings (SSSR count). The molecular formula is C21H30N2Si. The SMILES string of the molecule is Cc1ccc([Si](C)(C)C)cc1N1c2ccccc2N(C(C)C)[C@@H]1C. The Balaban J connectivity index is 2.16. The van der Waals surface area contributed by atoms with Crippen molar-refractivity contribution in [1.29, 1.82) is 0 Å². The van der Waals surface area contributed by atoms with Gasteiger partial charge in [-0.3, -0.25) is 0 Å². The summed E-state index contributed by atoms with van der Waals surface area (Å²) in [6, 6.07) is 16.4. The Kier molecular flexibility index (Phi) is 4.24. The van der Waals surface area contributed by atoms with Gasteiger partial charge in [0.25, 0.3) is 0 Å². The van der Waals surface area contributed by atoms with E-state index in [0.717, 1.165) is 0 Å². The van der Waals surface area contributed by atoms with Crippen LogP contribution in [0.3, 0.4) is 0 Å². The van der Waals surface area contributed by atoms with E-state index in [9.17, 15) is 0 Å². The number of aryl methyl sites for hydroxylation is 1. The van der Waals surface area contributed by atoms with Gasteiger partial charge in [-0.1, -0.05) is 49.1 Å². The van der Waals surface area contributed by atoms with Crippen LogP contribution in [0.1, 0.15) is 26.3 Å². The molecule has 1 atom stereocenters. The fourth-order valence-electron chi connectivity index (χ4n) is 3.79. The number of fused-ring (bicyclic) bond motifs is 1. The highest BCUT2D eigenvalue weighted by Crippen LogP contribution is 2.45. The van der Waals surface area contributed by atoms with Crippen molar-refractivity contribution in [2.75, 3.05) is 9.80 Å². The third kappa shape index (κ3) is 2.75. The van der Waals surface area contributed by atoms with Gasteiger partial charge in [-0.2, -0.15) is 0 Å². The zero-order chi connectivity index (χ0) is 17.6. The zero-order valence-corrected chi connectivity index (χ0v) is 17.1. The molecule has 2 aromatic carbocycles. The number of para-hydroxylation sites is 2. The third-order valence-electron chi connectivity index (χ3n) is 5.09. The summed E-state index contributed by atoms with van der Waals surface area (Å²) in [6.07, 6.45) is 0.331. The first-order valence-corrected chi connectivity index (χ1v) is 12.5. The summed E-state index contributed by atoms with van der Waals surface area (Å²) in [5, 5.41) is 1.52. The van der Waals surface area contributed by atoms with Crippen molar-refractivity contribution in [2.45, 2.75) is 59.5 Å². The van der Waals surface area contributed by atoms with Gasteiger partial charge in [0, 0.05) is 11.7 Å². The zero-order valence-electron chi connectivity index (χ0n) is 16.1. The fraction of sp³-hybridized carbons (Fsp3) is 0.429. The smallest absolute Gasteiger partial charge is 0.104 e. The Morgan fingerprint density at radius 2 is 1.54 bits per heavy atom. The average molecular weight is 339 g/mol. The Morgan fingerprint density at radius 3 is 2.12 bits per heavy atom. The van der Waals surface area contributed by atoms with Gasteiger partial charge in [0.1, 0.15) is 6.17 Å². The van der Waals surface area contributed by atoms with Crippen LogP contribution in [0, 0.1) is 6.92 Å². The number of rotatable bonds is 3. The molecule has 0 saturated carbocycles. The standard InChI is InChI=1S/C21H30N2Si/c1-15(2)22-17(4)23(20-11-9-8-10-19(20)22)21-14-18(24(5,6)7)13-12-16(21)3/h8-15,17H,1-7H3/t17-/m0/s1. The Bertz CT molecular complexity index is 746. The Hall–Kier alpha value is -1.74. The second-order valence-corrected chi connectivity index (χ2v) is 13.3. The summed E-state index contributed by atoms with van der Waals surface area (Å²) >= 11 is 0. The van der Waals surface area contributed by atoms with Crippen molar-refractivity contribution in [3.63, 3.8) is 0 Å². The highest BCUT2D eigenvalue weighted by Gasteiger charge is 2.35. The van der Waals surface area contributed by atoms with E-state index < -0.39 is 8.07 Å². The second-order valence-electron chi connectivity index (χ2n) is 8.24. The average Bonchev–Trinajstić information content (AvgIpc) is 2.78. The predicted octanol–water partition coefficient (Wildman–Crippen LogP) is 5.25.